The Hall–Kier alpha value is -0.0200. The molecule has 0 radical (unpaired) electrons. The molecule has 3 N–H and O–H groups in total. The Labute approximate surface area is 141 Å². The molecule has 0 amide bonds. The van der Waals surface area contributed by atoms with E-state index in [9.17, 15) is 4.39 Å². The highest BCUT2D eigenvalue weighted by Gasteiger charge is 2.19. The number of hydrogen-bond donors (Lipinski definition) is 2. The number of benzene rings is 2. The second-order valence-corrected chi connectivity index (χ2v) is 6.92. The molecule has 100 valence electrons. The number of hydrogen-bond acceptors (Lipinski definition) is 2. The molecule has 0 fully saturated rings. The van der Waals surface area contributed by atoms with Crippen molar-refractivity contribution in [1.82, 2.24) is 5.43 Å². The van der Waals surface area contributed by atoms with Crippen molar-refractivity contribution < 1.29 is 4.39 Å². The summed E-state index contributed by atoms with van der Waals surface area (Å²) in [7, 11) is 0. The molecule has 2 aromatic carbocycles. The fraction of sp³-hybridized carbons (Fsp3) is 0.0769. The Morgan fingerprint density at radius 1 is 1.05 bits per heavy atom. The molecule has 0 aliphatic carbocycles. The van der Waals surface area contributed by atoms with Crippen molar-refractivity contribution in [1.29, 1.82) is 0 Å². The van der Waals surface area contributed by atoms with Gasteiger partial charge >= 0.3 is 0 Å². The van der Waals surface area contributed by atoms with Crippen molar-refractivity contribution >= 4 is 54.5 Å². The third-order valence-corrected chi connectivity index (χ3v) is 4.67. The average Bonchev–Trinajstić information content (AvgIpc) is 2.38. The molecular weight excluding hydrogens is 490 g/mol. The summed E-state index contributed by atoms with van der Waals surface area (Å²) >= 11 is 8.99. The van der Waals surface area contributed by atoms with Crippen LogP contribution in [-0.4, -0.2) is 0 Å². The molecule has 2 nitrogen and oxygen atoms in total. The molecule has 19 heavy (non-hydrogen) atoms. The number of nitrogens with two attached hydrogens (primary N) is 1. The molecule has 0 aliphatic heterocycles. The van der Waals surface area contributed by atoms with Crippen molar-refractivity contribution in [3.63, 3.8) is 0 Å². The van der Waals surface area contributed by atoms with Gasteiger partial charge in [0.05, 0.1) is 6.04 Å². The lowest BCUT2D eigenvalue weighted by Gasteiger charge is -2.19. The monoisotopic (exact) mass is 498 g/mol. The Morgan fingerprint density at radius 3 is 2.26 bits per heavy atom. The van der Waals surface area contributed by atoms with Crippen LogP contribution in [0.3, 0.4) is 0 Å². The van der Waals surface area contributed by atoms with Crippen molar-refractivity contribution in [2.45, 2.75) is 6.04 Å². The topological polar surface area (TPSA) is 38.0 Å². The van der Waals surface area contributed by atoms with E-state index in [-0.39, 0.29) is 5.82 Å². The third-order valence-electron chi connectivity index (χ3n) is 2.70. The summed E-state index contributed by atoms with van der Waals surface area (Å²) in [5.74, 6) is 5.33. The maximum Gasteiger partial charge on any atom is 0.128 e. The minimum absolute atomic E-state index is 0.290. The Kier molecular flexibility index (Phi) is 5.36. The summed E-state index contributed by atoms with van der Waals surface area (Å²) in [5, 5.41) is 0. The van der Waals surface area contributed by atoms with E-state index in [1.54, 1.807) is 12.1 Å². The molecule has 0 heterocycles. The van der Waals surface area contributed by atoms with Gasteiger partial charge in [0, 0.05) is 18.1 Å². The molecule has 0 aromatic heterocycles. The van der Waals surface area contributed by atoms with E-state index in [2.05, 4.69) is 59.9 Å². The fourth-order valence-corrected chi connectivity index (χ4v) is 3.22. The highest BCUT2D eigenvalue weighted by molar-refractivity contribution is 14.1. The van der Waals surface area contributed by atoms with Crippen LogP contribution < -0.4 is 11.3 Å². The standard InChI is InChI=1S/C13H10Br2FIN2/c14-7-1-3-11(16)9(5-7)13(19-18)10-6-8(15)2-4-12(10)17/h1-6,13,19H,18H2. The molecule has 2 aromatic rings. The lowest BCUT2D eigenvalue weighted by Crippen LogP contribution is -2.30. The zero-order chi connectivity index (χ0) is 14.0. The molecule has 0 bridgehead atoms. The summed E-state index contributed by atoms with van der Waals surface area (Å²) < 4.78 is 16.8. The Balaban J connectivity index is 2.55. The number of hydrazine groups is 1. The summed E-state index contributed by atoms with van der Waals surface area (Å²) in [6.45, 7) is 0. The van der Waals surface area contributed by atoms with Crippen LogP contribution in [0.5, 0.6) is 0 Å². The molecular formula is C13H10Br2FIN2. The lowest BCUT2D eigenvalue weighted by molar-refractivity contribution is 0.558. The van der Waals surface area contributed by atoms with E-state index in [0.29, 0.717) is 5.56 Å². The van der Waals surface area contributed by atoms with Crippen LogP contribution in [0.25, 0.3) is 0 Å². The summed E-state index contributed by atoms with van der Waals surface area (Å²) in [6.07, 6.45) is 0. The molecule has 0 aliphatic rings. The van der Waals surface area contributed by atoms with Crippen molar-refractivity contribution in [3.8, 4) is 0 Å². The molecule has 0 saturated carbocycles. The van der Waals surface area contributed by atoms with Crippen LogP contribution in [0, 0.1) is 9.39 Å². The van der Waals surface area contributed by atoms with E-state index in [0.717, 1.165) is 18.1 Å². The van der Waals surface area contributed by atoms with Gasteiger partial charge in [-0.3, -0.25) is 5.84 Å². The maximum absolute atomic E-state index is 14.0. The fourth-order valence-electron chi connectivity index (χ4n) is 1.82. The summed E-state index contributed by atoms with van der Waals surface area (Å²) in [4.78, 5) is 0. The van der Waals surface area contributed by atoms with Crippen molar-refractivity contribution in [3.05, 3.63) is 65.9 Å². The minimum atomic E-state index is -0.401. The van der Waals surface area contributed by atoms with Gasteiger partial charge in [0.2, 0.25) is 0 Å². The Bertz CT molecular complexity index is 556. The van der Waals surface area contributed by atoms with Gasteiger partial charge in [-0.15, -0.1) is 0 Å². The van der Waals surface area contributed by atoms with Gasteiger partial charge in [0.1, 0.15) is 5.82 Å². The van der Waals surface area contributed by atoms with Gasteiger partial charge < -0.3 is 0 Å². The van der Waals surface area contributed by atoms with Gasteiger partial charge in [-0.25, -0.2) is 9.82 Å². The zero-order valence-corrected chi connectivity index (χ0v) is 15.0. The van der Waals surface area contributed by atoms with Gasteiger partial charge in [-0.2, -0.15) is 0 Å². The van der Waals surface area contributed by atoms with Gasteiger partial charge in [0.25, 0.3) is 0 Å². The van der Waals surface area contributed by atoms with Gasteiger partial charge in [-0.1, -0.05) is 31.9 Å². The van der Waals surface area contributed by atoms with Crippen molar-refractivity contribution in [2.75, 3.05) is 0 Å². The SMILES string of the molecule is NNC(c1cc(Br)ccc1F)c1cc(Br)ccc1I. The summed E-state index contributed by atoms with van der Waals surface area (Å²) in [5.41, 5.74) is 4.12. The van der Waals surface area contributed by atoms with Gasteiger partial charge in [0.15, 0.2) is 0 Å². The molecule has 0 saturated heterocycles. The smallest absolute Gasteiger partial charge is 0.128 e. The van der Waals surface area contributed by atoms with Crippen LogP contribution in [0.1, 0.15) is 17.2 Å². The summed E-state index contributed by atoms with van der Waals surface area (Å²) in [6, 6.07) is 10.3. The van der Waals surface area contributed by atoms with Crippen LogP contribution in [0.4, 0.5) is 4.39 Å². The van der Waals surface area contributed by atoms with Crippen LogP contribution in [0.15, 0.2) is 45.3 Å². The van der Waals surface area contributed by atoms with E-state index < -0.39 is 6.04 Å². The largest absolute Gasteiger partial charge is 0.271 e. The predicted octanol–water partition coefficient (Wildman–Crippen LogP) is 4.51. The van der Waals surface area contributed by atoms with E-state index in [4.69, 9.17) is 5.84 Å². The first-order valence-corrected chi connectivity index (χ1v) is 8.05. The second kappa shape index (κ2) is 6.62. The van der Waals surface area contributed by atoms with E-state index >= 15 is 0 Å². The number of rotatable bonds is 3. The Morgan fingerprint density at radius 2 is 1.63 bits per heavy atom. The average molecular weight is 500 g/mol. The highest BCUT2D eigenvalue weighted by Crippen LogP contribution is 2.31. The molecule has 0 spiro atoms. The lowest BCUT2D eigenvalue weighted by atomic mass is 9.99. The van der Waals surface area contributed by atoms with Gasteiger partial charge in [-0.05, 0) is 64.6 Å². The third kappa shape index (κ3) is 3.55. The first kappa shape index (κ1) is 15.4. The van der Waals surface area contributed by atoms with E-state index in [1.807, 2.05) is 18.2 Å². The molecule has 1 unspecified atom stereocenters. The molecule has 1 atom stereocenters. The van der Waals surface area contributed by atoms with Crippen LogP contribution >= 0.6 is 54.5 Å². The van der Waals surface area contributed by atoms with Crippen LogP contribution in [-0.2, 0) is 0 Å². The zero-order valence-electron chi connectivity index (χ0n) is 9.63. The van der Waals surface area contributed by atoms with Crippen LogP contribution in [0.2, 0.25) is 0 Å². The maximum atomic E-state index is 14.0. The number of nitrogens with one attached hydrogen (secondary N) is 1. The van der Waals surface area contributed by atoms with Crippen molar-refractivity contribution in [2.24, 2.45) is 5.84 Å². The minimum Gasteiger partial charge on any atom is -0.271 e. The molecule has 6 heteroatoms. The predicted molar refractivity (Wildman–Crippen MR) is 90.1 cm³/mol. The second-order valence-electron chi connectivity index (χ2n) is 3.93. The molecule has 2 rings (SSSR count). The first-order valence-electron chi connectivity index (χ1n) is 5.39. The number of halogens is 4. The normalized spacial score (nSPS) is 12.5. The quantitative estimate of drug-likeness (QED) is 0.370. The van der Waals surface area contributed by atoms with E-state index in [1.165, 1.54) is 6.07 Å². The first-order chi connectivity index (χ1) is 9.02. The highest BCUT2D eigenvalue weighted by atomic mass is 127.